The normalized spacial score (nSPS) is 14.8. The largest absolute Gasteiger partial charge is 0.472 e. The first-order chi connectivity index (χ1) is 46.2. The van der Waals surface area contributed by atoms with Crippen LogP contribution in [0.15, 0.2) is 122 Å². The van der Waals surface area contributed by atoms with E-state index in [4.69, 9.17) is 32.3 Å². The molecule has 0 aliphatic heterocycles. The Hall–Kier alpha value is -4.05. The van der Waals surface area contributed by atoms with Crippen LogP contribution < -0.4 is 0 Å². The van der Waals surface area contributed by atoms with Gasteiger partial charge in [0.05, 0.1) is 26.4 Å². The minimum atomic E-state index is -4.93. The standard InChI is InChI=1S/C77H132O16P2/c1-4-7-10-13-16-19-22-25-28-30-31-32-33-34-35-36-37-38-39-41-44-45-48-51-54-57-60-63-75(80)87-66-72(78)67-89-94(83,84)90-68-73(79)69-91-95(85,86)92-71-74(93-77(82)65-62-59-56-53-50-47-42-27-24-21-18-15-12-9-6-3)70-88-76(81)64-61-58-55-52-49-46-43-40-29-26-23-20-17-14-11-8-5-2/h7-8,10-11,16-21,25-29,31-32,34-35,42,72-74,78-79H,4-6,9,12-15,22-24,30,33,36-41,43-71H2,1-3H3,(H,83,84)(H,85,86)/b10-7-,11-8-,19-16-,20-17-,21-18-,28-25-,29-26-,32-31-,35-34-,42-27-. The van der Waals surface area contributed by atoms with Crippen molar-refractivity contribution in [3.05, 3.63) is 122 Å². The molecule has 0 aliphatic carbocycles. The lowest BCUT2D eigenvalue weighted by Crippen LogP contribution is -2.30. The number of carbonyl (C=O) groups is 3. The first kappa shape index (κ1) is 91.0. The zero-order valence-electron chi connectivity index (χ0n) is 59.3. The predicted molar refractivity (Wildman–Crippen MR) is 390 cm³/mol. The van der Waals surface area contributed by atoms with E-state index in [0.29, 0.717) is 19.3 Å². The molecule has 95 heavy (non-hydrogen) atoms. The van der Waals surface area contributed by atoms with Gasteiger partial charge in [0.15, 0.2) is 6.10 Å². The molecule has 0 saturated carbocycles. The SMILES string of the molecule is CC/C=C\C/C=C\C/C=C\C/C=C\C/C=C\CCCCCCCCCCCCCC(=O)OCC(O)COP(=O)(O)OCC(O)COP(=O)(O)OCC(COC(=O)CCCCCCCCC/C=C\C/C=C\C/C=C\CC)OC(=O)CCCCCCC/C=C\C/C=C\CCCCC. The van der Waals surface area contributed by atoms with Gasteiger partial charge in [-0.25, -0.2) is 9.13 Å². The van der Waals surface area contributed by atoms with Crippen molar-refractivity contribution >= 4 is 33.6 Å². The molecule has 16 nitrogen and oxygen atoms in total. The molecule has 0 amide bonds. The highest BCUT2D eigenvalue weighted by atomic mass is 31.2. The summed E-state index contributed by atoms with van der Waals surface area (Å²) in [6.45, 7) is 2.40. The van der Waals surface area contributed by atoms with E-state index in [2.05, 4.69) is 142 Å². The van der Waals surface area contributed by atoms with Crippen LogP contribution >= 0.6 is 15.6 Å². The molecule has 0 saturated heterocycles. The second-order valence-corrected chi connectivity index (χ2v) is 27.2. The molecule has 0 fully saturated rings. The summed E-state index contributed by atoms with van der Waals surface area (Å²) >= 11 is 0. The van der Waals surface area contributed by atoms with Crippen LogP contribution in [-0.2, 0) is 55.8 Å². The monoisotopic (exact) mass is 1370 g/mol. The summed E-state index contributed by atoms with van der Waals surface area (Å²) in [5, 5.41) is 20.6. The smallest absolute Gasteiger partial charge is 0.463 e. The Kier molecular flexibility index (Phi) is 66.9. The molecule has 0 spiro atoms. The molecule has 18 heteroatoms. The van der Waals surface area contributed by atoms with E-state index >= 15 is 0 Å². The van der Waals surface area contributed by atoms with Crippen molar-refractivity contribution in [1.82, 2.24) is 0 Å². The molecular formula is C77H132O16P2. The summed E-state index contributed by atoms with van der Waals surface area (Å²) < 4.78 is 61.0. The lowest BCUT2D eigenvalue weighted by molar-refractivity contribution is -0.161. The molecule has 546 valence electrons. The van der Waals surface area contributed by atoms with Gasteiger partial charge in [-0.1, -0.05) is 264 Å². The quantitative estimate of drug-likeness (QED) is 0.0146. The summed E-state index contributed by atoms with van der Waals surface area (Å²) in [4.78, 5) is 58.5. The van der Waals surface area contributed by atoms with Gasteiger partial charge in [-0.05, 0) is 128 Å². The molecule has 0 radical (unpaired) electrons. The first-order valence-corrected chi connectivity index (χ1v) is 39.8. The number of aliphatic hydroxyl groups is 2. The average molecular weight is 1380 g/mol. The number of esters is 3. The number of carbonyl (C=O) groups excluding carboxylic acids is 3. The maximum atomic E-state index is 12.9. The first-order valence-electron chi connectivity index (χ1n) is 36.8. The van der Waals surface area contributed by atoms with Crippen LogP contribution in [0.1, 0.15) is 290 Å². The number of allylic oxidation sites excluding steroid dienone is 20. The van der Waals surface area contributed by atoms with E-state index in [1.165, 1.54) is 64.2 Å². The molecule has 4 N–H and O–H groups in total. The van der Waals surface area contributed by atoms with Crippen LogP contribution in [0.5, 0.6) is 0 Å². The fourth-order valence-electron chi connectivity index (χ4n) is 9.58. The van der Waals surface area contributed by atoms with Crippen LogP contribution in [0.3, 0.4) is 0 Å². The molecule has 5 unspecified atom stereocenters. The number of rotatable bonds is 69. The summed E-state index contributed by atoms with van der Waals surface area (Å²) in [6.07, 6.45) is 81.0. The Morgan fingerprint density at radius 2 is 0.558 bits per heavy atom. The van der Waals surface area contributed by atoms with Crippen LogP contribution in [0, 0.1) is 0 Å². The van der Waals surface area contributed by atoms with E-state index in [1.807, 2.05) is 0 Å². The minimum Gasteiger partial charge on any atom is -0.463 e. The Bertz CT molecular complexity index is 2210. The number of aliphatic hydroxyl groups excluding tert-OH is 2. The topological polar surface area (TPSA) is 231 Å². The number of ether oxygens (including phenoxy) is 3. The highest BCUT2D eigenvalue weighted by molar-refractivity contribution is 7.47. The molecule has 0 aromatic carbocycles. The number of hydrogen-bond acceptors (Lipinski definition) is 14. The van der Waals surface area contributed by atoms with Crippen molar-refractivity contribution in [1.29, 1.82) is 0 Å². The molecule has 0 aromatic rings. The summed E-state index contributed by atoms with van der Waals surface area (Å²) in [7, 11) is -9.79. The van der Waals surface area contributed by atoms with Crippen LogP contribution in [-0.4, -0.2) is 95.9 Å². The van der Waals surface area contributed by atoms with Crippen molar-refractivity contribution in [3.8, 4) is 0 Å². The van der Waals surface area contributed by atoms with Gasteiger partial charge in [-0.2, -0.15) is 0 Å². The van der Waals surface area contributed by atoms with Gasteiger partial charge in [-0.15, -0.1) is 0 Å². The molecule has 0 rings (SSSR count). The zero-order chi connectivity index (χ0) is 69.5. The van der Waals surface area contributed by atoms with Crippen LogP contribution in [0.4, 0.5) is 0 Å². The summed E-state index contributed by atoms with van der Waals surface area (Å²) in [6, 6.07) is 0. The maximum absolute atomic E-state index is 12.9. The molecule has 0 bridgehead atoms. The maximum Gasteiger partial charge on any atom is 0.472 e. The van der Waals surface area contributed by atoms with E-state index in [9.17, 15) is 43.5 Å². The van der Waals surface area contributed by atoms with E-state index < -0.39 is 91.5 Å². The van der Waals surface area contributed by atoms with Crippen LogP contribution in [0.25, 0.3) is 0 Å². The molecule has 0 heterocycles. The van der Waals surface area contributed by atoms with E-state index in [-0.39, 0.29) is 19.3 Å². The molecule has 0 aromatic heterocycles. The van der Waals surface area contributed by atoms with Crippen molar-refractivity contribution < 1.29 is 75.8 Å². The highest BCUT2D eigenvalue weighted by Gasteiger charge is 2.29. The van der Waals surface area contributed by atoms with Gasteiger partial charge < -0.3 is 34.2 Å². The van der Waals surface area contributed by atoms with Gasteiger partial charge in [0.25, 0.3) is 0 Å². The predicted octanol–water partition coefficient (Wildman–Crippen LogP) is 21.0. The van der Waals surface area contributed by atoms with Crippen LogP contribution in [0.2, 0.25) is 0 Å². The number of hydrogen-bond donors (Lipinski definition) is 4. The Labute approximate surface area is 576 Å². The summed E-state index contributed by atoms with van der Waals surface area (Å²) in [5.74, 6) is -1.60. The number of phosphoric acid groups is 2. The van der Waals surface area contributed by atoms with Crippen molar-refractivity contribution in [2.45, 2.75) is 309 Å². The molecular weight excluding hydrogens is 1240 g/mol. The third-order valence-corrected chi connectivity index (χ3v) is 17.1. The van der Waals surface area contributed by atoms with Crippen molar-refractivity contribution in [3.63, 3.8) is 0 Å². The summed E-state index contributed by atoms with van der Waals surface area (Å²) in [5.41, 5.74) is 0. The van der Waals surface area contributed by atoms with Gasteiger partial charge in [0.2, 0.25) is 0 Å². The third-order valence-electron chi connectivity index (χ3n) is 15.2. The lowest BCUT2D eigenvalue weighted by atomic mass is 10.0. The highest BCUT2D eigenvalue weighted by Crippen LogP contribution is 2.45. The second kappa shape index (κ2) is 69.8. The lowest BCUT2D eigenvalue weighted by Gasteiger charge is -2.21. The van der Waals surface area contributed by atoms with Gasteiger partial charge in [0.1, 0.15) is 25.4 Å². The fourth-order valence-corrected chi connectivity index (χ4v) is 11.2. The van der Waals surface area contributed by atoms with Crippen molar-refractivity contribution in [2.24, 2.45) is 0 Å². The Balaban J connectivity index is 4.55. The van der Waals surface area contributed by atoms with E-state index in [1.54, 1.807) is 0 Å². The Morgan fingerprint density at radius 1 is 0.305 bits per heavy atom. The van der Waals surface area contributed by atoms with Crippen molar-refractivity contribution in [2.75, 3.05) is 39.6 Å². The second-order valence-electron chi connectivity index (χ2n) is 24.3. The number of phosphoric ester groups is 2. The molecule has 0 aliphatic rings. The van der Waals surface area contributed by atoms with E-state index in [0.717, 1.165) is 167 Å². The minimum absolute atomic E-state index is 0.0847. The average Bonchev–Trinajstić information content (AvgIpc) is 2.05. The van der Waals surface area contributed by atoms with Gasteiger partial charge >= 0.3 is 33.6 Å². The molecule has 5 atom stereocenters. The van der Waals surface area contributed by atoms with Gasteiger partial charge in [0, 0.05) is 19.3 Å². The Morgan fingerprint density at radius 3 is 0.884 bits per heavy atom. The zero-order valence-corrected chi connectivity index (χ0v) is 61.1. The number of unbranched alkanes of at least 4 members (excludes halogenated alkanes) is 26. The van der Waals surface area contributed by atoms with Gasteiger partial charge in [-0.3, -0.25) is 32.5 Å². The third kappa shape index (κ3) is 71.1. The fraction of sp³-hybridized carbons (Fsp3) is 0.701.